The molecule has 0 saturated heterocycles. The zero-order valence-electron chi connectivity index (χ0n) is 15.4. The van der Waals surface area contributed by atoms with E-state index < -0.39 is 10.0 Å². The molecule has 0 saturated carbocycles. The molecule has 3 aromatic rings. The fourth-order valence-electron chi connectivity index (χ4n) is 3.08. The number of nitrogens with zero attached hydrogens (tertiary/aromatic N) is 2. The van der Waals surface area contributed by atoms with Crippen molar-refractivity contribution in [2.24, 2.45) is 0 Å². The van der Waals surface area contributed by atoms with E-state index in [1.54, 1.807) is 24.4 Å². The van der Waals surface area contributed by atoms with Crippen LogP contribution in [0.4, 0.5) is 17.5 Å². The van der Waals surface area contributed by atoms with Gasteiger partial charge in [-0.25, -0.2) is 18.1 Å². The van der Waals surface area contributed by atoms with Gasteiger partial charge in [-0.1, -0.05) is 43.3 Å². The predicted molar refractivity (Wildman–Crippen MR) is 109 cm³/mol. The molecule has 0 spiro atoms. The van der Waals surface area contributed by atoms with Crippen molar-refractivity contribution >= 4 is 27.5 Å². The average molecular weight is 395 g/mol. The predicted octanol–water partition coefficient (Wildman–Crippen LogP) is 3.23. The number of anilines is 3. The summed E-state index contributed by atoms with van der Waals surface area (Å²) in [6, 6.07) is 17.3. The van der Waals surface area contributed by atoms with E-state index in [0.29, 0.717) is 34.8 Å². The van der Waals surface area contributed by atoms with Crippen molar-refractivity contribution in [3.8, 4) is 0 Å². The number of hydrogen-bond acceptors (Lipinski definition) is 6. The number of hydrogen-bond donors (Lipinski definition) is 3. The maximum absolute atomic E-state index is 12.0. The molecule has 7 nitrogen and oxygen atoms in total. The Morgan fingerprint density at radius 2 is 1.96 bits per heavy atom. The topological polar surface area (TPSA) is 96.0 Å². The van der Waals surface area contributed by atoms with Crippen molar-refractivity contribution in [1.82, 2.24) is 14.7 Å². The minimum atomic E-state index is -3.42. The lowest BCUT2D eigenvalue weighted by atomic mass is 10.0. The molecule has 1 aromatic heterocycles. The second-order valence-corrected chi connectivity index (χ2v) is 8.47. The second-order valence-electron chi connectivity index (χ2n) is 6.73. The lowest BCUT2D eigenvalue weighted by Gasteiger charge is -2.14. The molecule has 4 rings (SSSR count). The number of aromatic nitrogens is 2. The Kier molecular flexibility index (Phi) is 4.97. The maximum atomic E-state index is 12.0. The standard InChI is InChI=1S/C20H21N5O2S/c1-14(15-5-3-2-4-6-15)12-22-19-9-10-21-20(25-19)24-17-8-7-16-13-23-28(26,27)18(16)11-17/h2-11,14,23H,12-13H2,1H3,(H2,21,22,24,25). The Labute approximate surface area is 164 Å². The van der Waals surface area contributed by atoms with E-state index in [4.69, 9.17) is 0 Å². The van der Waals surface area contributed by atoms with Gasteiger partial charge in [-0.15, -0.1) is 0 Å². The van der Waals surface area contributed by atoms with Crippen molar-refractivity contribution in [1.29, 1.82) is 0 Å². The summed E-state index contributed by atoms with van der Waals surface area (Å²) in [6.45, 7) is 3.22. The minimum Gasteiger partial charge on any atom is -0.369 e. The minimum absolute atomic E-state index is 0.295. The van der Waals surface area contributed by atoms with Gasteiger partial charge in [0, 0.05) is 25.0 Å². The van der Waals surface area contributed by atoms with Crippen LogP contribution in [0.25, 0.3) is 0 Å². The first-order chi connectivity index (χ1) is 13.5. The van der Waals surface area contributed by atoms with Crippen molar-refractivity contribution in [2.45, 2.75) is 24.3 Å². The van der Waals surface area contributed by atoms with Crippen LogP contribution in [-0.4, -0.2) is 24.9 Å². The van der Waals surface area contributed by atoms with Crippen molar-refractivity contribution in [3.63, 3.8) is 0 Å². The Morgan fingerprint density at radius 1 is 1.14 bits per heavy atom. The quantitative estimate of drug-likeness (QED) is 0.593. The normalized spacial score (nSPS) is 15.6. The summed E-state index contributed by atoms with van der Waals surface area (Å²) >= 11 is 0. The van der Waals surface area contributed by atoms with E-state index in [1.165, 1.54) is 5.56 Å². The maximum Gasteiger partial charge on any atom is 0.241 e. The van der Waals surface area contributed by atoms with E-state index in [9.17, 15) is 8.42 Å². The molecule has 0 radical (unpaired) electrons. The number of fused-ring (bicyclic) bond motifs is 1. The molecule has 0 bridgehead atoms. The van der Waals surface area contributed by atoms with Crippen LogP contribution < -0.4 is 15.4 Å². The Bertz CT molecular complexity index is 1090. The lowest BCUT2D eigenvalue weighted by Crippen LogP contribution is -2.13. The van der Waals surface area contributed by atoms with Crippen molar-refractivity contribution in [3.05, 3.63) is 71.9 Å². The van der Waals surface area contributed by atoms with Gasteiger partial charge < -0.3 is 10.6 Å². The summed E-state index contributed by atoms with van der Waals surface area (Å²) in [5, 5.41) is 6.40. The number of sulfonamides is 1. The molecular weight excluding hydrogens is 374 g/mol. The highest BCUT2D eigenvalue weighted by Crippen LogP contribution is 2.26. The van der Waals surface area contributed by atoms with Crippen LogP contribution in [0.1, 0.15) is 24.0 Å². The zero-order chi connectivity index (χ0) is 19.6. The van der Waals surface area contributed by atoms with E-state index in [2.05, 4.69) is 44.4 Å². The number of nitrogens with one attached hydrogen (secondary N) is 3. The van der Waals surface area contributed by atoms with Gasteiger partial charge in [-0.3, -0.25) is 0 Å². The highest BCUT2D eigenvalue weighted by Gasteiger charge is 2.25. The largest absolute Gasteiger partial charge is 0.369 e. The molecule has 1 aliphatic rings. The lowest BCUT2D eigenvalue weighted by molar-refractivity contribution is 0.589. The van der Waals surface area contributed by atoms with E-state index in [1.807, 2.05) is 24.3 Å². The molecule has 0 aliphatic carbocycles. The molecule has 2 aromatic carbocycles. The van der Waals surface area contributed by atoms with E-state index in [-0.39, 0.29) is 0 Å². The first kappa shape index (κ1) is 18.4. The van der Waals surface area contributed by atoms with Crippen LogP contribution in [0.5, 0.6) is 0 Å². The van der Waals surface area contributed by atoms with E-state index >= 15 is 0 Å². The van der Waals surface area contributed by atoms with Gasteiger partial charge in [0.15, 0.2) is 0 Å². The SMILES string of the molecule is CC(CNc1ccnc(Nc2ccc3c(c2)S(=O)(=O)NC3)n1)c1ccccc1. The van der Waals surface area contributed by atoms with Gasteiger partial charge in [0.05, 0.1) is 4.90 Å². The van der Waals surface area contributed by atoms with Gasteiger partial charge >= 0.3 is 0 Å². The summed E-state index contributed by atoms with van der Waals surface area (Å²) < 4.78 is 26.5. The Hall–Kier alpha value is -2.97. The summed E-state index contributed by atoms with van der Waals surface area (Å²) in [4.78, 5) is 8.98. The first-order valence-electron chi connectivity index (χ1n) is 9.03. The Morgan fingerprint density at radius 3 is 2.79 bits per heavy atom. The number of rotatable bonds is 6. The van der Waals surface area contributed by atoms with Crippen molar-refractivity contribution < 1.29 is 8.42 Å². The summed E-state index contributed by atoms with van der Waals surface area (Å²) in [7, 11) is -3.42. The summed E-state index contributed by atoms with van der Waals surface area (Å²) in [5.41, 5.74) is 2.65. The third-order valence-electron chi connectivity index (χ3n) is 4.68. The summed E-state index contributed by atoms with van der Waals surface area (Å²) in [6.07, 6.45) is 1.66. The molecule has 144 valence electrons. The molecule has 2 heterocycles. The second kappa shape index (κ2) is 7.57. The third-order valence-corrected chi connectivity index (χ3v) is 6.16. The van der Waals surface area contributed by atoms with Crippen LogP contribution >= 0.6 is 0 Å². The molecule has 3 N–H and O–H groups in total. The van der Waals surface area contributed by atoms with Gasteiger partial charge in [0.25, 0.3) is 0 Å². The molecule has 1 atom stereocenters. The van der Waals surface area contributed by atoms with Gasteiger partial charge in [-0.2, -0.15) is 4.98 Å². The van der Waals surface area contributed by atoms with Gasteiger partial charge in [0.1, 0.15) is 5.82 Å². The molecule has 28 heavy (non-hydrogen) atoms. The highest BCUT2D eigenvalue weighted by atomic mass is 32.2. The smallest absolute Gasteiger partial charge is 0.241 e. The molecule has 1 unspecified atom stereocenters. The fourth-order valence-corrected chi connectivity index (χ4v) is 4.35. The first-order valence-corrected chi connectivity index (χ1v) is 10.5. The van der Waals surface area contributed by atoms with Crippen LogP contribution in [0.15, 0.2) is 65.7 Å². The van der Waals surface area contributed by atoms with Gasteiger partial charge in [0.2, 0.25) is 16.0 Å². The highest BCUT2D eigenvalue weighted by molar-refractivity contribution is 7.89. The fraction of sp³-hybridized carbons (Fsp3) is 0.200. The summed E-state index contributed by atoms with van der Waals surface area (Å²) in [5.74, 6) is 1.44. The molecular formula is C20H21N5O2S. The zero-order valence-corrected chi connectivity index (χ0v) is 16.2. The third kappa shape index (κ3) is 3.97. The van der Waals surface area contributed by atoms with E-state index in [0.717, 1.165) is 12.1 Å². The molecule has 0 amide bonds. The van der Waals surface area contributed by atoms with Gasteiger partial charge in [-0.05, 0) is 35.2 Å². The number of benzene rings is 2. The van der Waals surface area contributed by atoms with Crippen LogP contribution in [0.3, 0.4) is 0 Å². The average Bonchev–Trinajstić information content (AvgIpc) is 3.01. The van der Waals surface area contributed by atoms with Crippen LogP contribution in [0.2, 0.25) is 0 Å². The molecule has 0 fully saturated rings. The Balaban J connectivity index is 1.45. The van der Waals surface area contributed by atoms with Crippen LogP contribution in [-0.2, 0) is 16.6 Å². The monoisotopic (exact) mass is 395 g/mol. The van der Waals surface area contributed by atoms with Crippen molar-refractivity contribution in [2.75, 3.05) is 17.2 Å². The molecule has 1 aliphatic heterocycles. The van der Waals surface area contributed by atoms with Crippen LogP contribution in [0, 0.1) is 0 Å². The molecule has 8 heteroatoms.